The monoisotopic (exact) mass is 388 g/mol. The van der Waals surface area contributed by atoms with Crippen LogP contribution in [0.15, 0.2) is 65.8 Å². The lowest BCUT2D eigenvalue weighted by Gasteiger charge is -2.31. The maximum atomic E-state index is 13.0. The molecule has 5 rings (SSSR count). The first-order chi connectivity index (χ1) is 14.0. The summed E-state index contributed by atoms with van der Waals surface area (Å²) >= 11 is 0. The number of ether oxygens (including phenoxy) is 2. The first kappa shape index (κ1) is 17.5. The summed E-state index contributed by atoms with van der Waals surface area (Å²) < 4.78 is 10.9. The molecule has 1 saturated carbocycles. The van der Waals surface area contributed by atoms with E-state index in [0.717, 1.165) is 18.6 Å². The average molecular weight is 388 g/mol. The first-order valence-corrected chi connectivity index (χ1v) is 9.30. The number of Topliss-reactive ketones (excluding diaryl/α,β-unsaturated/α-hetero) is 1. The lowest BCUT2D eigenvalue weighted by Crippen LogP contribution is -2.50. The lowest BCUT2D eigenvalue weighted by atomic mass is 9.80. The fourth-order valence-electron chi connectivity index (χ4n) is 3.38. The molecule has 2 heterocycles. The molecule has 1 unspecified atom stereocenters. The summed E-state index contributed by atoms with van der Waals surface area (Å²) in [5.41, 5.74) is -0.216. The van der Waals surface area contributed by atoms with Gasteiger partial charge in [0.25, 0.3) is 0 Å². The van der Waals surface area contributed by atoms with Crippen molar-refractivity contribution in [3.05, 3.63) is 71.5 Å². The van der Waals surface area contributed by atoms with Crippen molar-refractivity contribution in [2.75, 3.05) is 0 Å². The molecule has 1 fully saturated rings. The number of carbonyl (C=O) groups is 3. The fourth-order valence-corrected chi connectivity index (χ4v) is 3.38. The van der Waals surface area contributed by atoms with Crippen molar-refractivity contribution in [2.24, 2.45) is 5.92 Å². The Morgan fingerprint density at radius 2 is 1.93 bits per heavy atom. The third-order valence-electron chi connectivity index (χ3n) is 5.29. The number of hydrogen-bond donors (Lipinski definition) is 0. The molecule has 0 bridgehead atoms. The molecule has 3 aliphatic rings. The quantitative estimate of drug-likeness (QED) is 0.589. The van der Waals surface area contributed by atoms with E-state index in [-0.39, 0.29) is 11.3 Å². The van der Waals surface area contributed by atoms with Gasteiger partial charge in [0.05, 0.1) is 22.8 Å². The molecule has 7 heteroatoms. The van der Waals surface area contributed by atoms with Crippen LogP contribution in [-0.4, -0.2) is 33.1 Å². The van der Waals surface area contributed by atoms with Gasteiger partial charge in [-0.3, -0.25) is 14.6 Å². The van der Waals surface area contributed by atoms with Crippen molar-refractivity contribution < 1.29 is 23.9 Å². The Morgan fingerprint density at radius 1 is 1.17 bits per heavy atom. The molecule has 1 aromatic heterocycles. The topological polar surface area (TPSA) is 95.5 Å². The molecule has 0 saturated heterocycles. The molecule has 1 aliphatic heterocycles. The molecule has 2 aromatic rings. The van der Waals surface area contributed by atoms with Crippen molar-refractivity contribution in [2.45, 2.75) is 25.4 Å². The van der Waals surface area contributed by atoms with Gasteiger partial charge in [-0.2, -0.15) is 0 Å². The maximum absolute atomic E-state index is 13.0. The number of carbonyl (C=O) groups excluding carboxylic acids is 3. The molecule has 2 aliphatic carbocycles. The summed E-state index contributed by atoms with van der Waals surface area (Å²) in [6.45, 7) is 1.29. The Kier molecular flexibility index (Phi) is 3.74. The molecular formula is C22H16N2O5. The van der Waals surface area contributed by atoms with E-state index >= 15 is 0 Å². The number of hydrogen-bond acceptors (Lipinski definition) is 7. The Morgan fingerprint density at radius 3 is 2.69 bits per heavy atom. The van der Waals surface area contributed by atoms with Crippen LogP contribution in [-0.2, 0) is 19.1 Å². The number of esters is 1. The van der Waals surface area contributed by atoms with Gasteiger partial charge in [0.2, 0.25) is 17.2 Å². The van der Waals surface area contributed by atoms with E-state index in [4.69, 9.17) is 9.47 Å². The number of nitrogens with zero attached hydrogens (tertiary/aromatic N) is 2. The number of fused-ring (bicyclic) bond motifs is 2. The van der Waals surface area contributed by atoms with E-state index in [1.165, 1.54) is 25.5 Å². The molecule has 0 N–H and O–H groups in total. The second-order valence-corrected chi connectivity index (χ2v) is 7.43. The van der Waals surface area contributed by atoms with Crippen LogP contribution in [0.1, 0.15) is 30.3 Å². The molecule has 1 atom stereocenters. The second kappa shape index (κ2) is 6.20. The van der Waals surface area contributed by atoms with E-state index in [2.05, 4.69) is 9.97 Å². The highest BCUT2D eigenvalue weighted by molar-refractivity contribution is 6.26. The summed E-state index contributed by atoms with van der Waals surface area (Å²) in [7, 11) is 0. The summed E-state index contributed by atoms with van der Waals surface area (Å²) in [6.07, 6.45) is 7.73. The van der Waals surface area contributed by atoms with Crippen LogP contribution in [0.5, 0.6) is 0 Å². The van der Waals surface area contributed by atoms with Crippen LogP contribution >= 0.6 is 0 Å². The average Bonchev–Trinajstić information content (AvgIpc) is 3.57. The highest BCUT2D eigenvalue weighted by Crippen LogP contribution is 2.42. The Balaban J connectivity index is 1.45. The Hall–Kier alpha value is -3.61. The van der Waals surface area contributed by atoms with Crippen molar-refractivity contribution in [3.63, 3.8) is 0 Å². The van der Waals surface area contributed by atoms with Crippen LogP contribution in [0.25, 0.3) is 11.0 Å². The SMILES string of the molecule is CC1(OC(=O)c2cnc3ccccc3n2)C(=O)C=C2C=C(C3CC3)OC=C2C1=O. The normalized spacial score (nSPS) is 23.6. The van der Waals surface area contributed by atoms with Gasteiger partial charge >= 0.3 is 5.97 Å². The Labute approximate surface area is 165 Å². The first-order valence-electron chi connectivity index (χ1n) is 9.30. The highest BCUT2D eigenvalue weighted by Gasteiger charge is 2.50. The molecular weight excluding hydrogens is 372 g/mol. The van der Waals surface area contributed by atoms with Gasteiger partial charge in [0.1, 0.15) is 12.0 Å². The standard InChI is InChI=1S/C22H16N2O5/c1-22(29-21(27)17-10-23-15-4-2-3-5-16(15)24-17)19(25)9-13-8-18(12-6-7-12)28-11-14(13)20(22)26/h2-5,8-12H,6-7H2,1H3. The van der Waals surface area contributed by atoms with Crippen molar-refractivity contribution >= 4 is 28.6 Å². The third kappa shape index (κ3) is 2.86. The van der Waals surface area contributed by atoms with Crippen LogP contribution in [0, 0.1) is 5.92 Å². The van der Waals surface area contributed by atoms with Crippen molar-refractivity contribution in [1.82, 2.24) is 9.97 Å². The molecule has 0 spiro atoms. The summed E-state index contributed by atoms with van der Waals surface area (Å²) in [5, 5.41) is 0. The largest absolute Gasteiger partial charge is 0.468 e. The van der Waals surface area contributed by atoms with Crippen molar-refractivity contribution in [1.29, 1.82) is 0 Å². The maximum Gasteiger partial charge on any atom is 0.360 e. The second-order valence-electron chi connectivity index (χ2n) is 7.43. The molecule has 29 heavy (non-hydrogen) atoms. The number of allylic oxidation sites excluding steroid dienone is 3. The fraction of sp³-hybridized carbons (Fsp3) is 0.227. The minimum Gasteiger partial charge on any atom is -0.468 e. The molecule has 0 radical (unpaired) electrons. The smallest absolute Gasteiger partial charge is 0.360 e. The molecule has 7 nitrogen and oxygen atoms in total. The summed E-state index contributed by atoms with van der Waals surface area (Å²) in [5.74, 6) is -1.00. The zero-order chi connectivity index (χ0) is 20.2. The molecule has 1 aromatic carbocycles. The number of rotatable bonds is 3. The van der Waals surface area contributed by atoms with Crippen molar-refractivity contribution in [3.8, 4) is 0 Å². The van der Waals surface area contributed by atoms with Crippen LogP contribution in [0.2, 0.25) is 0 Å². The predicted molar refractivity (Wildman–Crippen MR) is 101 cm³/mol. The number of aromatic nitrogens is 2. The number of benzene rings is 1. The van der Waals surface area contributed by atoms with Gasteiger partial charge in [-0.15, -0.1) is 0 Å². The van der Waals surface area contributed by atoms with Gasteiger partial charge < -0.3 is 9.47 Å². The Bertz CT molecular complexity index is 1190. The predicted octanol–water partition coefficient (Wildman–Crippen LogP) is 2.83. The summed E-state index contributed by atoms with van der Waals surface area (Å²) in [4.78, 5) is 46.8. The van der Waals surface area contributed by atoms with Gasteiger partial charge in [-0.25, -0.2) is 9.78 Å². The van der Waals surface area contributed by atoms with E-state index in [0.29, 0.717) is 22.5 Å². The van der Waals surface area contributed by atoms with Gasteiger partial charge in [0, 0.05) is 5.92 Å². The number of para-hydroxylation sites is 2. The van der Waals surface area contributed by atoms with Crippen LogP contribution in [0.4, 0.5) is 0 Å². The zero-order valence-corrected chi connectivity index (χ0v) is 15.5. The zero-order valence-electron chi connectivity index (χ0n) is 15.5. The van der Waals surface area contributed by atoms with Gasteiger partial charge in [0.15, 0.2) is 5.69 Å². The minimum absolute atomic E-state index is 0.0786. The van der Waals surface area contributed by atoms with Crippen LogP contribution in [0.3, 0.4) is 0 Å². The van der Waals surface area contributed by atoms with E-state index in [1.54, 1.807) is 24.3 Å². The lowest BCUT2D eigenvalue weighted by molar-refractivity contribution is -0.145. The summed E-state index contributed by atoms with van der Waals surface area (Å²) in [6, 6.07) is 7.05. The third-order valence-corrected chi connectivity index (χ3v) is 5.29. The van der Waals surface area contributed by atoms with Crippen LogP contribution < -0.4 is 0 Å². The van der Waals surface area contributed by atoms with Gasteiger partial charge in [-0.05, 0) is 49.6 Å². The minimum atomic E-state index is -1.98. The van der Waals surface area contributed by atoms with E-state index < -0.39 is 23.1 Å². The molecule has 0 amide bonds. The van der Waals surface area contributed by atoms with Gasteiger partial charge in [-0.1, -0.05) is 12.1 Å². The molecule has 144 valence electrons. The highest BCUT2D eigenvalue weighted by atomic mass is 16.6. The number of ketones is 2. The van der Waals surface area contributed by atoms with E-state index in [9.17, 15) is 14.4 Å². The van der Waals surface area contributed by atoms with E-state index in [1.807, 2.05) is 6.07 Å².